The molecule has 0 bridgehead atoms. The number of fused-ring (bicyclic) bond motifs is 1. The Morgan fingerprint density at radius 3 is 1.79 bits per heavy atom. The Balaban J connectivity index is 0.000000980. The van der Waals surface area contributed by atoms with E-state index in [2.05, 4.69) is 10.6 Å². The molecule has 1 heterocycles. The van der Waals surface area contributed by atoms with Crippen LogP contribution in [0, 0.1) is 0 Å². The van der Waals surface area contributed by atoms with Crippen LogP contribution in [0.15, 0.2) is 24.3 Å². The van der Waals surface area contributed by atoms with E-state index in [1.54, 1.807) is 24.3 Å². The van der Waals surface area contributed by atoms with E-state index in [1.807, 2.05) is 0 Å². The van der Waals surface area contributed by atoms with E-state index in [4.69, 9.17) is 0 Å². The summed E-state index contributed by atoms with van der Waals surface area (Å²) in [7, 11) is 0. The lowest BCUT2D eigenvalue weighted by atomic mass is 10.2. The third-order valence-electron chi connectivity index (χ3n) is 1.80. The van der Waals surface area contributed by atoms with Crippen molar-refractivity contribution < 1.29 is 9.59 Å². The van der Waals surface area contributed by atoms with E-state index in [9.17, 15) is 9.59 Å². The van der Waals surface area contributed by atoms with Gasteiger partial charge in [-0.2, -0.15) is 0 Å². The predicted molar refractivity (Wildman–Crippen MR) is 55.6 cm³/mol. The molecule has 5 heteroatoms. The maximum Gasteiger partial charge on any atom is 0.233 e. The molecule has 0 spiro atoms. The van der Waals surface area contributed by atoms with Crippen molar-refractivity contribution in [1.82, 2.24) is 0 Å². The second-order valence-corrected chi connectivity index (χ2v) is 2.82. The molecular formula is C9H9ClN2O2. The first kappa shape index (κ1) is 10.5. The zero-order chi connectivity index (χ0) is 9.26. The van der Waals surface area contributed by atoms with Crippen molar-refractivity contribution in [2.24, 2.45) is 0 Å². The van der Waals surface area contributed by atoms with Gasteiger partial charge >= 0.3 is 0 Å². The number of amides is 2. The highest BCUT2D eigenvalue weighted by Crippen LogP contribution is 2.23. The Morgan fingerprint density at radius 2 is 1.36 bits per heavy atom. The van der Waals surface area contributed by atoms with Crippen LogP contribution in [-0.2, 0) is 9.59 Å². The van der Waals surface area contributed by atoms with Gasteiger partial charge < -0.3 is 10.6 Å². The number of halogens is 1. The molecule has 2 amide bonds. The standard InChI is InChI=1S/C9H8N2O2.ClH/c12-8-5-9(13)11-7-4-2-1-3-6(7)10-8;/h1-4H,5H2,(H,10,12)(H,11,13);1H. The molecule has 0 saturated heterocycles. The van der Waals surface area contributed by atoms with Gasteiger partial charge in [-0.3, -0.25) is 9.59 Å². The molecule has 0 unspecified atom stereocenters. The molecule has 0 atom stereocenters. The lowest BCUT2D eigenvalue weighted by molar-refractivity contribution is -0.123. The van der Waals surface area contributed by atoms with E-state index < -0.39 is 0 Å². The average molecular weight is 213 g/mol. The Kier molecular flexibility index (Phi) is 3.09. The van der Waals surface area contributed by atoms with Crippen molar-refractivity contribution >= 4 is 35.6 Å². The summed E-state index contributed by atoms with van der Waals surface area (Å²) in [5.41, 5.74) is 1.30. The summed E-state index contributed by atoms with van der Waals surface area (Å²) in [5.74, 6) is -0.551. The summed E-state index contributed by atoms with van der Waals surface area (Å²) < 4.78 is 0. The Hall–Kier alpha value is -1.55. The van der Waals surface area contributed by atoms with Gasteiger partial charge in [0.2, 0.25) is 11.8 Å². The molecule has 0 saturated carbocycles. The van der Waals surface area contributed by atoms with Gasteiger partial charge in [0.05, 0.1) is 11.4 Å². The zero-order valence-corrected chi connectivity index (χ0v) is 8.06. The summed E-state index contributed by atoms with van der Waals surface area (Å²) in [6.07, 6.45) is -0.116. The molecule has 0 fully saturated rings. The number of nitrogens with one attached hydrogen (secondary N) is 2. The first-order valence-corrected chi connectivity index (χ1v) is 3.94. The smallest absolute Gasteiger partial charge is 0.233 e. The quantitative estimate of drug-likeness (QED) is 0.639. The monoisotopic (exact) mass is 212 g/mol. The molecule has 0 aromatic heterocycles. The summed E-state index contributed by atoms with van der Waals surface area (Å²) in [4.78, 5) is 22.2. The third-order valence-corrected chi connectivity index (χ3v) is 1.80. The third kappa shape index (κ3) is 2.03. The fraction of sp³-hybridized carbons (Fsp3) is 0.111. The number of hydrogen-bond acceptors (Lipinski definition) is 2. The van der Waals surface area contributed by atoms with Crippen LogP contribution in [0.5, 0.6) is 0 Å². The minimum atomic E-state index is -0.276. The highest BCUT2D eigenvalue weighted by Gasteiger charge is 2.16. The van der Waals surface area contributed by atoms with Crippen LogP contribution in [0.4, 0.5) is 11.4 Å². The molecule has 1 aromatic rings. The summed E-state index contributed by atoms with van der Waals surface area (Å²) >= 11 is 0. The average Bonchev–Trinajstić information content (AvgIpc) is 2.20. The molecule has 1 aromatic carbocycles. The van der Waals surface area contributed by atoms with Crippen molar-refractivity contribution in [2.45, 2.75) is 6.42 Å². The topological polar surface area (TPSA) is 58.2 Å². The van der Waals surface area contributed by atoms with E-state index in [0.717, 1.165) is 0 Å². The molecule has 1 aliphatic heterocycles. The number of carbonyl (C=O) groups excluding carboxylic acids is 2. The zero-order valence-electron chi connectivity index (χ0n) is 7.24. The van der Waals surface area contributed by atoms with Gasteiger partial charge in [0.25, 0.3) is 0 Å². The van der Waals surface area contributed by atoms with Crippen LogP contribution in [0.3, 0.4) is 0 Å². The van der Waals surface area contributed by atoms with E-state index in [1.165, 1.54) is 0 Å². The number of benzene rings is 1. The van der Waals surface area contributed by atoms with Crippen LogP contribution in [0.2, 0.25) is 0 Å². The molecule has 2 N–H and O–H groups in total. The molecule has 14 heavy (non-hydrogen) atoms. The molecule has 4 nitrogen and oxygen atoms in total. The lowest BCUT2D eigenvalue weighted by Gasteiger charge is -2.04. The largest absolute Gasteiger partial charge is 0.324 e. The van der Waals surface area contributed by atoms with Gasteiger partial charge in [0, 0.05) is 0 Å². The lowest BCUT2D eigenvalue weighted by Crippen LogP contribution is -2.16. The van der Waals surface area contributed by atoms with Crippen molar-refractivity contribution in [3.8, 4) is 0 Å². The Morgan fingerprint density at radius 1 is 0.929 bits per heavy atom. The number of carbonyl (C=O) groups is 2. The van der Waals surface area contributed by atoms with Crippen molar-refractivity contribution in [3.05, 3.63) is 24.3 Å². The van der Waals surface area contributed by atoms with E-state index in [-0.39, 0.29) is 30.6 Å². The minimum Gasteiger partial charge on any atom is -0.324 e. The van der Waals surface area contributed by atoms with Gasteiger partial charge in [-0.05, 0) is 12.1 Å². The highest BCUT2D eigenvalue weighted by atomic mass is 35.5. The molecule has 0 radical (unpaired) electrons. The maximum atomic E-state index is 11.1. The van der Waals surface area contributed by atoms with Gasteiger partial charge in [0.1, 0.15) is 6.42 Å². The highest BCUT2D eigenvalue weighted by molar-refractivity contribution is 6.13. The minimum absolute atomic E-state index is 0. The molecule has 2 rings (SSSR count). The number of para-hydroxylation sites is 2. The van der Waals surface area contributed by atoms with Crippen molar-refractivity contribution in [3.63, 3.8) is 0 Å². The summed E-state index contributed by atoms with van der Waals surface area (Å²) in [5, 5.41) is 5.26. The van der Waals surface area contributed by atoms with Crippen LogP contribution >= 0.6 is 12.4 Å². The molecule has 74 valence electrons. The summed E-state index contributed by atoms with van der Waals surface area (Å²) in [6, 6.07) is 7.10. The van der Waals surface area contributed by atoms with Crippen LogP contribution in [0.25, 0.3) is 0 Å². The second kappa shape index (κ2) is 4.11. The van der Waals surface area contributed by atoms with Gasteiger partial charge in [-0.15, -0.1) is 12.4 Å². The normalized spacial score (nSPS) is 14.3. The summed E-state index contributed by atoms with van der Waals surface area (Å²) in [6.45, 7) is 0. The Bertz CT molecular complexity index is 344. The first-order chi connectivity index (χ1) is 6.25. The Labute approximate surface area is 87.1 Å². The number of anilines is 2. The fourth-order valence-corrected chi connectivity index (χ4v) is 1.24. The van der Waals surface area contributed by atoms with Gasteiger partial charge in [0.15, 0.2) is 0 Å². The molecule has 0 aliphatic carbocycles. The first-order valence-electron chi connectivity index (χ1n) is 3.94. The second-order valence-electron chi connectivity index (χ2n) is 2.82. The predicted octanol–water partition coefficient (Wildman–Crippen LogP) is 1.39. The number of hydrogen-bond donors (Lipinski definition) is 2. The number of rotatable bonds is 0. The fourth-order valence-electron chi connectivity index (χ4n) is 1.24. The maximum absolute atomic E-state index is 11.1. The van der Waals surface area contributed by atoms with Crippen molar-refractivity contribution in [2.75, 3.05) is 10.6 Å². The van der Waals surface area contributed by atoms with Gasteiger partial charge in [-0.25, -0.2) is 0 Å². The van der Waals surface area contributed by atoms with Crippen LogP contribution in [-0.4, -0.2) is 11.8 Å². The van der Waals surface area contributed by atoms with Crippen molar-refractivity contribution in [1.29, 1.82) is 0 Å². The molecular weight excluding hydrogens is 204 g/mol. The SMILES string of the molecule is Cl.O=C1CC(=O)Nc2ccccc2N1. The van der Waals surface area contributed by atoms with Crippen LogP contribution in [0.1, 0.15) is 6.42 Å². The van der Waals surface area contributed by atoms with E-state index in [0.29, 0.717) is 11.4 Å². The van der Waals surface area contributed by atoms with Gasteiger partial charge in [-0.1, -0.05) is 12.1 Å². The van der Waals surface area contributed by atoms with E-state index >= 15 is 0 Å². The van der Waals surface area contributed by atoms with Crippen LogP contribution < -0.4 is 10.6 Å². The molecule has 1 aliphatic rings.